The first-order chi connectivity index (χ1) is 3.46. The van der Waals surface area contributed by atoms with Crippen LogP contribution < -0.4 is 10.2 Å². The molecule has 0 atom stereocenters. The van der Waals surface area contributed by atoms with Crippen molar-refractivity contribution in [3.05, 3.63) is 0 Å². The topological polar surface area (TPSA) is 80.3 Å². The Morgan fingerprint density at radius 2 is 1.00 bits per heavy atom. The molecule has 6 heteroatoms. The Balaban J connectivity index is -0.0000000300. The Morgan fingerprint density at radius 3 is 1.00 bits per heavy atom. The van der Waals surface area contributed by atoms with E-state index in [1.54, 1.807) is 0 Å². The maximum atomic E-state index is 8.89. The molecule has 0 spiro atoms. The first-order valence-electron chi connectivity index (χ1n) is 1.82. The summed E-state index contributed by atoms with van der Waals surface area (Å²) in [4.78, 5) is 17.8. The molecule has 60 valence electrons. The summed E-state index contributed by atoms with van der Waals surface area (Å²) >= 11 is 0. The summed E-state index contributed by atoms with van der Waals surface area (Å²) < 4.78 is 0. The predicted octanol–water partition coefficient (Wildman–Crippen LogP) is -2.87. The van der Waals surface area contributed by atoms with E-state index in [2.05, 4.69) is 0 Å². The molecule has 0 saturated heterocycles. The van der Waals surface area contributed by atoms with Gasteiger partial charge in [-0.2, -0.15) is 0 Å². The summed E-state index contributed by atoms with van der Waals surface area (Å²) in [5, 5.41) is 17.8. The molecule has 0 aromatic carbocycles. The van der Waals surface area contributed by atoms with Crippen LogP contribution in [-0.2, 0) is 30.0 Å². The number of carboxylic acid groups (broad SMARTS) is 2. The Kier molecular flexibility index (Phi) is 36.5. The molecule has 0 bridgehead atoms. The van der Waals surface area contributed by atoms with Crippen molar-refractivity contribution in [2.45, 2.75) is 13.8 Å². The van der Waals surface area contributed by atoms with E-state index in [9.17, 15) is 0 Å². The van der Waals surface area contributed by atoms with Gasteiger partial charge in [0, 0.05) is 32.4 Å². The third kappa shape index (κ3) is 1750. The second-order valence-corrected chi connectivity index (χ2v) is 0.983. The second-order valence-electron chi connectivity index (χ2n) is 0.983. The van der Waals surface area contributed by atoms with Crippen LogP contribution in [0.2, 0.25) is 0 Å². The summed E-state index contributed by atoms with van der Waals surface area (Å²) in [6.45, 7) is 1.94. The van der Waals surface area contributed by atoms with E-state index in [-0.39, 0.29) is 47.7 Å². The molecule has 10 heavy (non-hydrogen) atoms. The fourth-order valence-electron chi connectivity index (χ4n) is 0. The van der Waals surface area contributed by atoms with Gasteiger partial charge in [-0.3, -0.25) is 0 Å². The van der Waals surface area contributed by atoms with Crippen molar-refractivity contribution in [2.75, 3.05) is 0 Å². The van der Waals surface area contributed by atoms with Crippen LogP contribution in [0.15, 0.2) is 0 Å². The van der Waals surface area contributed by atoms with Crippen molar-refractivity contribution in [1.29, 1.82) is 0 Å². The SMILES string of the molecule is CC(=O)[O-].CC(=O)[O-].[Pb+2].[Pd]. The van der Waals surface area contributed by atoms with Gasteiger partial charge in [0.05, 0.1) is 0 Å². The minimum Gasteiger partial charge on any atom is -0.550 e. The van der Waals surface area contributed by atoms with E-state index >= 15 is 0 Å². The van der Waals surface area contributed by atoms with Crippen LogP contribution in [0.3, 0.4) is 0 Å². The third-order valence-corrected chi connectivity index (χ3v) is 0. The van der Waals surface area contributed by atoms with Gasteiger partial charge in [0.1, 0.15) is 0 Å². The molecule has 0 aliphatic carbocycles. The molecule has 0 aromatic rings. The molecule has 0 rings (SSSR count). The summed E-state index contributed by atoms with van der Waals surface area (Å²) in [7, 11) is 0. The molecule has 0 unspecified atom stereocenters. The molecule has 0 fully saturated rings. The number of aliphatic carboxylic acids is 2. The Hall–Kier alpha value is 0.524. The maximum Gasteiger partial charge on any atom is 2.00 e. The van der Waals surface area contributed by atoms with Crippen molar-refractivity contribution in [3.63, 3.8) is 0 Å². The van der Waals surface area contributed by atoms with Crippen LogP contribution in [0.4, 0.5) is 0 Å². The number of rotatable bonds is 0. The van der Waals surface area contributed by atoms with Crippen LogP contribution in [-0.4, -0.2) is 39.2 Å². The fourth-order valence-corrected chi connectivity index (χ4v) is 0. The summed E-state index contributed by atoms with van der Waals surface area (Å²) in [6.07, 6.45) is 0. The quantitative estimate of drug-likeness (QED) is 0.386. The number of carboxylic acids is 2. The number of carbonyl (C=O) groups excluding carboxylic acids is 2. The average molecular weight is 432 g/mol. The van der Waals surface area contributed by atoms with E-state index in [0.29, 0.717) is 0 Å². The van der Waals surface area contributed by atoms with Crippen molar-refractivity contribution in [3.8, 4) is 0 Å². The van der Waals surface area contributed by atoms with E-state index < -0.39 is 11.9 Å². The van der Waals surface area contributed by atoms with Crippen LogP contribution >= 0.6 is 0 Å². The number of carbonyl (C=O) groups is 2. The van der Waals surface area contributed by atoms with Crippen molar-refractivity contribution < 1.29 is 40.2 Å². The Morgan fingerprint density at radius 1 is 1.00 bits per heavy atom. The van der Waals surface area contributed by atoms with E-state index in [1.807, 2.05) is 0 Å². The maximum absolute atomic E-state index is 8.89. The van der Waals surface area contributed by atoms with Gasteiger partial charge in [-0.05, 0) is 13.8 Å². The van der Waals surface area contributed by atoms with Crippen molar-refractivity contribution in [1.82, 2.24) is 0 Å². The summed E-state index contributed by atoms with van der Waals surface area (Å²) in [5.74, 6) is -2.17. The molecule has 2 radical (unpaired) electrons. The van der Waals surface area contributed by atoms with Gasteiger partial charge >= 0.3 is 27.3 Å². The minimum atomic E-state index is -1.08. The van der Waals surface area contributed by atoms with Crippen LogP contribution in [0.5, 0.6) is 0 Å². The normalized spacial score (nSPS) is 5.00. The molecule has 0 aliphatic heterocycles. The van der Waals surface area contributed by atoms with Gasteiger partial charge in [0.2, 0.25) is 0 Å². The van der Waals surface area contributed by atoms with Crippen LogP contribution in [0.1, 0.15) is 13.8 Å². The molecule has 0 aromatic heterocycles. The van der Waals surface area contributed by atoms with Crippen molar-refractivity contribution in [2.24, 2.45) is 0 Å². The zero-order valence-electron chi connectivity index (χ0n) is 5.45. The molecule has 0 aliphatic rings. The largest absolute Gasteiger partial charge is 2.00 e. The van der Waals surface area contributed by atoms with Crippen molar-refractivity contribution >= 4 is 39.2 Å². The first kappa shape index (κ1) is 22.4. The first-order valence-corrected chi connectivity index (χ1v) is 1.82. The summed E-state index contributed by atoms with van der Waals surface area (Å²) in [6, 6.07) is 0. The zero-order valence-corrected chi connectivity index (χ0v) is 10.9. The second kappa shape index (κ2) is 16.3. The predicted molar refractivity (Wildman–Crippen MR) is 27.1 cm³/mol. The monoisotopic (exact) mass is 432 g/mol. The zero-order chi connectivity index (χ0) is 7.15. The smallest absolute Gasteiger partial charge is 0.550 e. The van der Waals surface area contributed by atoms with E-state index in [4.69, 9.17) is 19.8 Å². The van der Waals surface area contributed by atoms with Gasteiger partial charge in [0.15, 0.2) is 0 Å². The standard InChI is InChI=1S/2C2H4O2.Pb.Pd/c2*1-2(3)4;;/h2*1H3,(H,3,4);;/q;;+2;/p-2. The fraction of sp³-hybridized carbons (Fsp3) is 0.500. The van der Waals surface area contributed by atoms with Gasteiger partial charge in [-0.25, -0.2) is 0 Å². The number of hydrogen-bond donors (Lipinski definition) is 0. The Labute approximate surface area is 92.8 Å². The molecular weight excluding hydrogens is 426 g/mol. The molecule has 4 nitrogen and oxygen atoms in total. The van der Waals surface area contributed by atoms with E-state index in [0.717, 1.165) is 13.8 Å². The third-order valence-electron chi connectivity index (χ3n) is 0. The Bertz CT molecular complexity index is 75.3. The van der Waals surface area contributed by atoms with Crippen LogP contribution in [0, 0.1) is 0 Å². The molecule has 0 N–H and O–H groups in total. The van der Waals surface area contributed by atoms with Gasteiger partial charge in [-0.15, -0.1) is 0 Å². The molecular formula is C4H6O4PbPd. The minimum absolute atomic E-state index is 0. The number of hydrogen-bond acceptors (Lipinski definition) is 4. The summed E-state index contributed by atoms with van der Waals surface area (Å²) in [5.41, 5.74) is 0. The van der Waals surface area contributed by atoms with E-state index in [1.165, 1.54) is 0 Å². The molecule has 0 saturated carbocycles. The molecule has 0 heterocycles. The van der Waals surface area contributed by atoms with Gasteiger partial charge in [-0.1, -0.05) is 0 Å². The van der Waals surface area contributed by atoms with Gasteiger partial charge < -0.3 is 19.8 Å². The average Bonchev–Trinajstić information content (AvgIpc) is 1.25. The van der Waals surface area contributed by atoms with Crippen LogP contribution in [0.25, 0.3) is 0 Å². The molecule has 0 amide bonds. The van der Waals surface area contributed by atoms with Gasteiger partial charge in [0.25, 0.3) is 0 Å².